The van der Waals surface area contributed by atoms with Gasteiger partial charge in [0.05, 0.1) is 0 Å². The zero-order chi connectivity index (χ0) is 17.8. The van der Waals surface area contributed by atoms with E-state index in [4.69, 9.17) is 10.5 Å². The van der Waals surface area contributed by atoms with Gasteiger partial charge in [-0.05, 0) is 61.9 Å². The molecule has 0 unspecified atom stereocenters. The molecule has 5 nitrogen and oxygen atoms in total. The van der Waals surface area contributed by atoms with E-state index in [-0.39, 0.29) is 42.7 Å². The second-order valence-corrected chi connectivity index (χ2v) is 6.76. The molecular weight excluding hydrogens is 385 g/mol. The van der Waals surface area contributed by atoms with Gasteiger partial charge in [0.15, 0.2) is 0 Å². The topological polar surface area (TPSA) is 77.2 Å². The average molecular weight is 412 g/mol. The highest BCUT2D eigenvalue weighted by Crippen LogP contribution is 2.31. The van der Waals surface area contributed by atoms with Crippen LogP contribution in [0.3, 0.4) is 0 Å². The van der Waals surface area contributed by atoms with Crippen molar-refractivity contribution in [2.45, 2.75) is 45.6 Å². The van der Waals surface area contributed by atoms with Crippen molar-refractivity contribution in [1.29, 1.82) is 0 Å². The first-order chi connectivity index (χ1) is 12.0. The van der Waals surface area contributed by atoms with E-state index in [2.05, 4.69) is 10.3 Å². The Morgan fingerprint density at radius 3 is 2.70 bits per heavy atom. The SMILES string of the molecule is Cc1cccc(Oc2ncccc2NC(=O)C[C@@H]2CCC[C@H]2N)c1C.Cl.Cl. The quantitative estimate of drug-likeness (QED) is 0.740. The van der Waals surface area contributed by atoms with Crippen molar-refractivity contribution in [3.8, 4) is 11.6 Å². The third kappa shape index (κ3) is 5.83. The molecule has 27 heavy (non-hydrogen) atoms. The second kappa shape index (κ2) is 10.5. The number of rotatable bonds is 5. The van der Waals surface area contributed by atoms with Crippen molar-refractivity contribution in [1.82, 2.24) is 4.98 Å². The minimum absolute atomic E-state index is 0. The molecule has 3 rings (SSSR count). The van der Waals surface area contributed by atoms with Crippen molar-refractivity contribution in [3.05, 3.63) is 47.7 Å². The number of amides is 1. The number of nitrogens with two attached hydrogens (primary N) is 1. The molecule has 1 aromatic heterocycles. The number of nitrogens with one attached hydrogen (secondary N) is 1. The fourth-order valence-electron chi connectivity index (χ4n) is 3.26. The number of aromatic nitrogens is 1. The fourth-order valence-corrected chi connectivity index (χ4v) is 3.26. The van der Waals surface area contributed by atoms with E-state index >= 15 is 0 Å². The Balaban J connectivity index is 0.00000182. The standard InChI is InChI=1S/C20H25N3O2.2ClH/c1-13-6-3-10-18(14(13)2)25-20-17(9-5-11-22-20)23-19(24)12-15-7-4-8-16(15)21;;/h3,5-6,9-11,15-16H,4,7-8,12,21H2,1-2H3,(H,23,24);2*1H/t15-,16+;;/m0../s1. The lowest BCUT2D eigenvalue weighted by atomic mass is 10.00. The molecule has 1 aliphatic carbocycles. The zero-order valence-electron chi connectivity index (χ0n) is 15.6. The van der Waals surface area contributed by atoms with Crippen molar-refractivity contribution in [2.75, 3.05) is 5.32 Å². The summed E-state index contributed by atoms with van der Waals surface area (Å²) in [6.07, 6.45) is 5.23. The van der Waals surface area contributed by atoms with Gasteiger partial charge in [-0.25, -0.2) is 4.98 Å². The van der Waals surface area contributed by atoms with Gasteiger partial charge in [-0.1, -0.05) is 18.6 Å². The van der Waals surface area contributed by atoms with E-state index in [1.54, 1.807) is 18.3 Å². The summed E-state index contributed by atoms with van der Waals surface area (Å²) in [6, 6.07) is 9.60. The van der Waals surface area contributed by atoms with E-state index in [0.717, 1.165) is 36.1 Å². The van der Waals surface area contributed by atoms with E-state index in [0.29, 0.717) is 18.0 Å². The first-order valence-electron chi connectivity index (χ1n) is 8.79. The smallest absolute Gasteiger partial charge is 0.243 e. The van der Waals surface area contributed by atoms with Gasteiger partial charge in [0, 0.05) is 18.7 Å². The molecule has 3 N–H and O–H groups in total. The summed E-state index contributed by atoms with van der Waals surface area (Å²) in [6.45, 7) is 4.04. The molecule has 1 aromatic carbocycles. The van der Waals surface area contributed by atoms with Crippen molar-refractivity contribution < 1.29 is 9.53 Å². The van der Waals surface area contributed by atoms with Crippen LogP contribution >= 0.6 is 24.8 Å². The Morgan fingerprint density at radius 1 is 1.22 bits per heavy atom. The molecule has 1 saturated carbocycles. The lowest BCUT2D eigenvalue weighted by Gasteiger charge is -2.16. The molecule has 1 heterocycles. The van der Waals surface area contributed by atoms with Crippen LogP contribution in [0.4, 0.5) is 5.69 Å². The lowest BCUT2D eigenvalue weighted by molar-refractivity contribution is -0.117. The minimum atomic E-state index is -0.0406. The van der Waals surface area contributed by atoms with Crippen LogP contribution in [0, 0.1) is 19.8 Å². The Hall–Kier alpha value is -1.82. The normalized spacial score (nSPS) is 18.2. The third-order valence-corrected chi connectivity index (χ3v) is 4.97. The predicted molar refractivity (Wildman–Crippen MR) is 113 cm³/mol. The number of hydrogen-bond donors (Lipinski definition) is 2. The maximum Gasteiger partial charge on any atom is 0.243 e. The lowest BCUT2D eigenvalue weighted by Crippen LogP contribution is -2.28. The van der Waals surface area contributed by atoms with Crippen LogP contribution < -0.4 is 15.8 Å². The number of anilines is 1. The van der Waals surface area contributed by atoms with Crippen molar-refractivity contribution in [3.63, 3.8) is 0 Å². The molecule has 7 heteroatoms. The molecule has 0 radical (unpaired) electrons. The summed E-state index contributed by atoms with van der Waals surface area (Å²) in [5.74, 6) is 1.37. The third-order valence-electron chi connectivity index (χ3n) is 4.97. The first kappa shape index (κ1) is 23.2. The second-order valence-electron chi connectivity index (χ2n) is 6.76. The molecular formula is C20H27Cl2N3O2. The highest BCUT2D eigenvalue weighted by Gasteiger charge is 2.26. The van der Waals surface area contributed by atoms with Crippen LogP contribution in [-0.2, 0) is 4.79 Å². The number of nitrogens with zero attached hydrogens (tertiary/aromatic N) is 1. The van der Waals surface area contributed by atoms with Crippen LogP contribution in [0.1, 0.15) is 36.8 Å². The minimum Gasteiger partial charge on any atom is -0.437 e. The highest BCUT2D eigenvalue weighted by atomic mass is 35.5. The van der Waals surface area contributed by atoms with Gasteiger partial charge in [0.25, 0.3) is 0 Å². The van der Waals surface area contributed by atoms with Crippen LogP contribution in [0.25, 0.3) is 0 Å². The van der Waals surface area contributed by atoms with Crippen molar-refractivity contribution >= 4 is 36.4 Å². The summed E-state index contributed by atoms with van der Waals surface area (Å²) >= 11 is 0. The van der Waals surface area contributed by atoms with E-state index in [1.165, 1.54) is 0 Å². The highest BCUT2D eigenvalue weighted by molar-refractivity contribution is 5.92. The monoisotopic (exact) mass is 411 g/mol. The van der Waals surface area contributed by atoms with Crippen LogP contribution in [-0.4, -0.2) is 16.9 Å². The van der Waals surface area contributed by atoms with Crippen LogP contribution in [0.5, 0.6) is 11.6 Å². The zero-order valence-corrected chi connectivity index (χ0v) is 17.2. The predicted octanol–water partition coefficient (Wildman–Crippen LogP) is 4.79. The van der Waals surface area contributed by atoms with Gasteiger partial charge in [0.1, 0.15) is 11.4 Å². The van der Waals surface area contributed by atoms with Gasteiger partial charge in [-0.2, -0.15) is 0 Å². The summed E-state index contributed by atoms with van der Waals surface area (Å²) in [5, 5.41) is 2.93. The van der Waals surface area contributed by atoms with Crippen molar-refractivity contribution in [2.24, 2.45) is 11.7 Å². The van der Waals surface area contributed by atoms with Gasteiger partial charge >= 0.3 is 0 Å². The molecule has 1 aliphatic rings. The van der Waals surface area contributed by atoms with E-state index in [9.17, 15) is 4.79 Å². The molecule has 2 atom stereocenters. The van der Waals surface area contributed by atoms with Gasteiger partial charge in [-0.15, -0.1) is 24.8 Å². The maximum absolute atomic E-state index is 12.4. The van der Waals surface area contributed by atoms with Gasteiger partial charge < -0.3 is 15.8 Å². The first-order valence-corrected chi connectivity index (χ1v) is 8.79. The molecule has 1 amide bonds. The van der Waals surface area contributed by atoms with Gasteiger partial charge in [-0.3, -0.25) is 4.79 Å². The van der Waals surface area contributed by atoms with Crippen LogP contribution in [0.2, 0.25) is 0 Å². The summed E-state index contributed by atoms with van der Waals surface area (Å²) in [7, 11) is 0. The Labute approximate surface area is 172 Å². The number of benzene rings is 1. The maximum atomic E-state index is 12.4. The number of hydrogen-bond acceptors (Lipinski definition) is 4. The molecule has 148 valence electrons. The summed E-state index contributed by atoms with van der Waals surface area (Å²) in [5.41, 5.74) is 8.85. The molecule has 0 aliphatic heterocycles. The summed E-state index contributed by atoms with van der Waals surface area (Å²) < 4.78 is 5.96. The van der Waals surface area contributed by atoms with E-state index in [1.807, 2.05) is 32.0 Å². The molecule has 0 saturated heterocycles. The molecule has 2 aromatic rings. The Kier molecular flexibility index (Phi) is 9.03. The Morgan fingerprint density at radius 2 is 2.00 bits per heavy atom. The largest absolute Gasteiger partial charge is 0.437 e. The number of ether oxygens (including phenoxy) is 1. The number of aryl methyl sites for hydroxylation is 1. The van der Waals surface area contributed by atoms with Crippen LogP contribution in [0.15, 0.2) is 36.5 Å². The summed E-state index contributed by atoms with van der Waals surface area (Å²) in [4.78, 5) is 16.7. The van der Waals surface area contributed by atoms with Gasteiger partial charge in [0.2, 0.25) is 11.8 Å². The number of halogens is 2. The molecule has 0 spiro atoms. The fraction of sp³-hybridized carbons (Fsp3) is 0.400. The Bertz CT molecular complexity index is 771. The number of carbonyl (C=O) groups excluding carboxylic acids is 1. The molecule has 0 bridgehead atoms. The number of carbonyl (C=O) groups is 1. The number of pyridine rings is 1. The van der Waals surface area contributed by atoms with E-state index < -0.39 is 0 Å². The average Bonchev–Trinajstić information content (AvgIpc) is 2.98. The molecule has 1 fully saturated rings.